The fraction of sp³-hybridized carbons (Fsp3) is 0.0833. The van der Waals surface area contributed by atoms with Crippen LogP contribution in [0.5, 0.6) is 17.2 Å². The Balaban J connectivity index is 1.78. The van der Waals surface area contributed by atoms with Gasteiger partial charge < -0.3 is 19.4 Å². The Morgan fingerprint density at radius 1 is 0.939 bits per heavy atom. The van der Waals surface area contributed by atoms with E-state index in [1.165, 1.54) is 24.3 Å². The molecule has 33 heavy (non-hydrogen) atoms. The van der Waals surface area contributed by atoms with Gasteiger partial charge in [0.2, 0.25) is 5.43 Å². The lowest BCUT2D eigenvalue weighted by Crippen LogP contribution is -2.22. The maximum absolute atomic E-state index is 13.9. The van der Waals surface area contributed by atoms with Gasteiger partial charge in [0.1, 0.15) is 34.5 Å². The molecule has 0 amide bonds. The molecule has 166 valence electrons. The fourth-order valence-electron chi connectivity index (χ4n) is 4.03. The second-order valence-corrected chi connectivity index (χ2v) is 7.57. The quantitative estimate of drug-likeness (QED) is 0.258. The topological polar surface area (TPSA) is 97.0 Å². The minimum Gasteiger partial charge on any atom is -0.508 e. The van der Waals surface area contributed by atoms with Crippen molar-refractivity contribution in [2.24, 2.45) is 0 Å². The van der Waals surface area contributed by atoms with Gasteiger partial charge in [0.15, 0.2) is 17.5 Å². The van der Waals surface area contributed by atoms with Crippen molar-refractivity contribution >= 4 is 16.9 Å². The molecule has 2 N–H and O–H groups in total. The molecule has 0 bridgehead atoms. The number of carbonyl (C=O) groups excluding carboxylic acids is 1. The van der Waals surface area contributed by atoms with Crippen LogP contribution in [0.1, 0.15) is 23.5 Å². The van der Waals surface area contributed by atoms with Crippen LogP contribution in [0.4, 0.5) is 13.2 Å². The van der Waals surface area contributed by atoms with E-state index in [9.17, 15) is 33.0 Å². The molecule has 9 heteroatoms. The van der Waals surface area contributed by atoms with E-state index in [1.54, 1.807) is 0 Å². The van der Waals surface area contributed by atoms with E-state index in [2.05, 4.69) is 0 Å². The smallest absolute Gasteiger partial charge is 0.312 e. The van der Waals surface area contributed by atoms with Crippen molar-refractivity contribution < 1.29 is 37.3 Å². The van der Waals surface area contributed by atoms with Crippen molar-refractivity contribution in [2.75, 3.05) is 0 Å². The summed E-state index contributed by atoms with van der Waals surface area (Å²) in [6.45, 7) is 0. The van der Waals surface area contributed by atoms with Gasteiger partial charge in [-0.15, -0.1) is 0 Å². The molecule has 1 aliphatic heterocycles. The second-order valence-electron chi connectivity index (χ2n) is 7.57. The molecule has 0 unspecified atom stereocenters. The third kappa shape index (κ3) is 3.29. The van der Waals surface area contributed by atoms with E-state index >= 15 is 0 Å². The van der Waals surface area contributed by atoms with Crippen LogP contribution in [0, 0.1) is 17.5 Å². The zero-order valence-corrected chi connectivity index (χ0v) is 16.6. The highest BCUT2D eigenvalue weighted by atomic mass is 19.2. The molecule has 3 aromatic carbocycles. The van der Waals surface area contributed by atoms with Crippen LogP contribution in [-0.4, -0.2) is 16.2 Å². The lowest BCUT2D eigenvalue weighted by Gasteiger charge is -2.26. The van der Waals surface area contributed by atoms with Crippen molar-refractivity contribution in [1.29, 1.82) is 0 Å². The van der Waals surface area contributed by atoms with Gasteiger partial charge in [-0.1, -0.05) is 12.1 Å². The minimum atomic E-state index is -1.65. The molecule has 0 spiro atoms. The first-order chi connectivity index (χ1) is 15.7. The Hall–Kier alpha value is -4.27. The van der Waals surface area contributed by atoms with Crippen molar-refractivity contribution in [3.05, 3.63) is 87.5 Å². The van der Waals surface area contributed by atoms with Crippen molar-refractivity contribution in [3.63, 3.8) is 0 Å². The third-order valence-corrected chi connectivity index (χ3v) is 5.56. The number of halogens is 3. The van der Waals surface area contributed by atoms with Crippen molar-refractivity contribution in [1.82, 2.24) is 0 Å². The molecule has 0 fully saturated rings. The summed E-state index contributed by atoms with van der Waals surface area (Å²) >= 11 is 0. The summed E-state index contributed by atoms with van der Waals surface area (Å²) in [7, 11) is 0. The van der Waals surface area contributed by atoms with Crippen molar-refractivity contribution in [3.8, 4) is 28.4 Å². The monoisotopic (exact) mass is 454 g/mol. The highest BCUT2D eigenvalue weighted by Gasteiger charge is 2.34. The van der Waals surface area contributed by atoms with Gasteiger partial charge in [-0.05, 0) is 35.4 Å². The van der Waals surface area contributed by atoms with E-state index in [0.717, 1.165) is 24.5 Å². The van der Waals surface area contributed by atoms with Gasteiger partial charge in [-0.2, -0.15) is 0 Å². The number of ether oxygens (including phenoxy) is 1. The highest BCUT2D eigenvalue weighted by Crippen LogP contribution is 2.46. The number of hydrogen-bond donors (Lipinski definition) is 2. The fourth-order valence-corrected chi connectivity index (χ4v) is 4.03. The normalized spacial score (nSPS) is 15.4. The summed E-state index contributed by atoms with van der Waals surface area (Å²) in [6.07, 6.45) is 0.775. The number of phenolic OH excluding ortho intramolecular Hbond substituents is 2. The van der Waals surface area contributed by atoms with Gasteiger partial charge in [0.25, 0.3) is 0 Å². The molecule has 0 saturated heterocycles. The molecular weight excluding hydrogens is 441 g/mol. The molecule has 2 heterocycles. The van der Waals surface area contributed by atoms with Gasteiger partial charge in [0.05, 0.1) is 12.0 Å². The average molecular weight is 454 g/mol. The Morgan fingerprint density at radius 3 is 2.27 bits per heavy atom. The summed E-state index contributed by atoms with van der Waals surface area (Å²) in [6, 6.07) is 8.28. The molecule has 0 saturated carbocycles. The number of fused-ring (bicyclic) bond motifs is 3. The number of phenols is 2. The number of rotatable bonds is 2. The molecule has 0 aliphatic carbocycles. The van der Waals surface area contributed by atoms with Crippen LogP contribution >= 0.6 is 0 Å². The lowest BCUT2D eigenvalue weighted by molar-refractivity contribution is -0.135. The van der Waals surface area contributed by atoms with Crippen LogP contribution in [0.25, 0.3) is 22.1 Å². The second kappa shape index (κ2) is 7.40. The number of aromatic hydroxyl groups is 2. The average Bonchev–Trinajstić information content (AvgIpc) is 2.77. The van der Waals surface area contributed by atoms with Crippen LogP contribution < -0.4 is 10.2 Å². The molecule has 5 rings (SSSR count). The Bertz CT molecular complexity index is 1480. The van der Waals surface area contributed by atoms with E-state index in [4.69, 9.17) is 9.15 Å². The van der Waals surface area contributed by atoms with Gasteiger partial charge in [-0.3, -0.25) is 9.59 Å². The summed E-state index contributed by atoms with van der Waals surface area (Å²) in [4.78, 5) is 25.4. The van der Waals surface area contributed by atoms with Gasteiger partial charge in [-0.25, -0.2) is 13.2 Å². The minimum absolute atomic E-state index is 0.00994. The van der Waals surface area contributed by atoms with Gasteiger partial charge >= 0.3 is 5.97 Å². The van der Waals surface area contributed by atoms with E-state index in [1.807, 2.05) is 0 Å². The molecular formula is C24H13F3O6. The number of esters is 1. The zero-order chi connectivity index (χ0) is 23.4. The highest BCUT2D eigenvalue weighted by molar-refractivity contribution is 5.94. The zero-order valence-electron chi connectivity index (χ0n) is 16.6. The van der Waals surface area contributed by atoms with E-state index in [-0.39, 0.29) is 45.6 Å². The van der Waals surface area contributed by atoms with Crippen LogP contribution in [0.3, 0.4) is 0 Å². The lowest BCUT2D eigenvalue weighted by atomic mass is 9.84. The predicted molar refractivity (Wildman–Crippen MR) is 110 cm³/mol. The van der Waals surface area contributed by atoms with Gasteiger partial charge in [0, 0.05) is 17.5 Å². The first kappa shape index (κ1) is 20.6. The summed E-state index contributed by atoms with van der Waals surface area (Å²) in [5, 5.41) is 19.8. The van der Waals surface area contributed by atoms with E-state index in [0.29, 0.717) is 5.56 Å². The number of carbonyl (C=O) groups is 1. The standard InChI is InChI=1S/C24H13F3O6/c25-15-5-11(6-16(26)22(15)27)13-7-19(30)33-18-8-17(29)21-23(31)14(9-32-24(21)20(13)18)10-1-3-12(28)4-2-10/h1-6,8-9,13,28-29H,7H2/t13-/m1/s1. The number of benzene rings is 3. The molecule has 1 atom stereocenters. The Labute approximate surface area is 183 Å². The molecule has 4 aromatic rings. The molecule has 1 aliphatic rings. The maximum atomic E-state index is 13.9. The first-order valence-electron chi connectivity index (χ1n) is 9.70. The molecule has 6 nitrogen and oxygen atoms in total. The Morgan fingerprint density at radius 2 is 1.61 bits per heavy atom. The summed E-state index contributed by atoms with van der Waals surface area (Å²) in [5.41, 5.74) is -0.217. The van der Waals surface area contributed by atoms with Crippen molar-refractivity contribution in [2.45, 2.75) is 12.3 Å². The summed E-state index contributed by atoms with van der Waals surface area (Å²) < 4.78 is 52.2. The molecule has 1 aromatic heterocycles. The largest absolute Gasteiger partial charge is 0.508 e. The third-order valence-electron chi connectivity index (χ3n) is 5.56. The van der Waals surface area contributed by atoms with Crippen LogP contribution in [-0.2, 0) is 4.79 Å². The van der Waals surface area contributed by atoms with E-state index < -0.39 is 40.5 Å². The predicted octanol–water partition coefficient (Wildman–Crippen LogP) is 4.73. The number of hydrogen-bond acceptors (Lipinski definition) is 6. The summed E-state index contributed by atoms with van der Waals surface area (Å²) in [5.74, 6) is -7.00. The Kier molecular flexibility index (Phi) is 4.63. The SMILES string of the molecule is O=C1C[C@H](c2cc(F)c(F)c(F)c2)c2c(cc(O)c3c(=O)c(-c4ccc(O)cc4)coc23)O1. The maximum Gasteiger partial charge on any atom is 0.312 e. The first-order valence-corrected chi connectivity index (χ1v) is 9.70. The molecule has 0 radical (unpaired) electrons. The van der Waals surface area contributed by atoms with Crippen LogP contribution in [0.15, 0.2) is 57.9 Å². The van der Waals surface area contributed by atoms with Crippen LogP contribution in [0.2, 0.25) is 0 Å².